The van der Waals surface area contributed by atoms with Gasteiger partial charge >= 0.3 is 12.0 Å². The summed E-state index contributed by atoms with van der Waals surface area (Å²) in [4.78, 5) is 48.7. The SMILES string of the molecule is Cc1cccc(C(=O)Nc2ccccc2C(=O)OCC(=O)NC(=O)NC2CCCC2)c1. The van der Waals surface area contributed by atoms with Gasteiger partial charge in [-0.1, -0.05) is 42.7 Å². The predicted octanol–water partition coefficient (Wildman–Crippen LogP) is 3.17. The number of benzene rings is 2. The Bertz CT molecular complexity index is 983. The number of hydrogen-bond acceptors (Lipinski definition) is 5. The molecule has 0 spiro atoms. The summed E-state index contributed by atoms with van der Waals surface area (Å²) in [6.45, 7) is 1.26. The summed E-state index contributed by atoms with van der Waals surface area (Å²) in [7, 11) is 0. The number of ether oxygens (including phenoxy) is 1. The summed E-state index contributed by atoms with van der Waals surface area (Å²) in [5.74, 6) is -1.89. The van der Waals surface area contributed by atoms with E-state index in [1.807, 2.05) is 13.0 Å². The Balaban J connectivity index is 1.55. The number of rotatable bonds is 6. The van der Waals surface area contributed by atoms with Crippen LogP contribution in [0, 0.1) is 6.92 Å². The first-order valence-corrected chi connectivity index (χ1v) is 10.2. The van der Waals surface area contributed by atoms with Crippen LogP contribution in [0.3, 0.4) is 0 Å². The topological polar surface area (TPSA) is 114 Å². The fourth-order valence-corrected chi connectivity index (χ4v) is 3.41. The second kappa shape index (κ2) is 10.4. The Morgan fingerprint density at radius 3 is 2.48 bits per heavy atom. The van der Waals surface area contributed by atoms with Gasteiger partial charge in [0.05, 0.1) is 11.3 Å². The van der Waals surface area contributed by atoms with Crippen LogP contribution >= 0.6 is 0 Å². The van der Waals surface area contributed by atoms with Crippen LogP contribution in [-0.4, -0.2) is 36.5 Å². The molecule has 0 radical (unpaired) electrons. The molecule has 4 amide bonds. The first-order valence-electron chi connectivity index (χ1n) is 10.2. The van der Waals surface area contributed by atoms with Gasteiger partial charge in [0.15, 0.2) is 6.61 Å². The van der Waals surface area contributed by atoms with E-state index in [-0.39, 0.29) is 23.2 Å². The number of urea groups is 1. The Morgan fingerprint density at radius 2 is 1.74 bits per heavy atom. The maximum Gasteiger partial charge on any atom is 0.340 e. The molecule has 2 aromatic rings. The van der Waals surface area contributed by atoms with Crippen molar-refractivity contribution >= 4 is 29.5 Å². The molecule has 0 aromatic heterocycles. The highest BCUT2D eigenvalue weighted by molar-refractivity contribution is 6.08. The highest BCUT2D eigenvalue weighted by Gasteiger charge is 2.20. The van der Waals surface area contributed by atoms with Crippen LogP contribution in [-0.2, 0) is 9.53 Å². The van der Waals surface area contributed by atoms with Crippen LogP contribution < -0.4 is 16.0 Å². The number of carbonyl (C=O) groups excluding carboxylic acids is 4. The molecule has 0 aliphatic heterocycles. The van der Waals surface area contributed by atoms with E-state index >= 15 is 0 Å². The van der Waals surface area contributed by atoms with Crippen molar-refractivity contribution in [1.29, 1.82) is 0 Å². The molecule has 0 unspecified atom stereocenters. The van der Waals surface area contributed by atoms with Gasteiger partial charge in [0.1, 0.15) is 0 Å². The summed E-state index contributed by atoms with van der Waals surface area (Å²) < 4.78 is 5.03. The lowest BCUT2D eigenvalue weighted by atomic mass is 10.1. The molecule has 0 saturated heterocycles. The molecule has 31 heavy (non-hydrogen) atoms. The Labute approximate surface area is 180 Å². The van der Waals surface area contributed by atoms with E-state index in [1.165, 1.54) is 6.07 Å². The Hall–Kier alpha value is -3.68. The van der Waals surface area contributed by atoms with E-state index < -0.39 is 24.5 Å². The molecule has 8 heteroatoms. The van der Waals surface area contributed by atoms with E-state index in [0.29, 0.717) is 5.56 Å². The van der Waals surface area contributed by atoms with Crippen molar-refractivity contribution in [1.82, 2.24) is 10.6 Å². The van der Waals surface area contributed by atoms with Gasteiger partial charge in [0.2, 0.25) is 0 Å². The molecule has 1 aliphatic rings. The van der Waals surface area contributed by atoms with Crippen molar-refractivity contribution < 1.29 is 23.9 Å². The van der Waals surface area contributed by atoms with Crippen molar-refractivity contribution in [2.24, 2.45) is 0 Å². The first-order chi connectivity index (χ1) is 14.9. The van der Waals surface area contributed by atoms with E-state index in [4.69, 9.17) is 4.74 Å². The van der Waals surface area contributed by atoms with Crippen molar-refractivity contribution in [2.75, 3.05) is 11.9 Å². The molecular weight excluding hydrogens is 398 g/mol. The molecule has 0 heterocycles. The third kappa shape index (κ3) is 6.40. The molecule has 8 nitrogen and oxygen atoms in total. The number of hydrogen-bond donors (Lipinski definition) is 3. The Kier molecular flexibility index (Phi) is 7.37. The number of aryl methyl sites for hydroxylation is 1. The zero-order valence-corrected chi connectivity index (χ0v) is 17.3. The molecular formula is C23H25N3O5. The number of esters is 1. The first kappa shape index (κ1) is 22.0. The average molecular weight is 423 g/mol. The van der Waals surface area contributed by atoms with Crippen LogP contribution in [0.1, 0.15) is 52.0 Å². The third-order valence-electron chi connectivity index (χ3n) is 4.95. The maximum absolute atomic E-state index is 12.5. The van der Waals surface area contributed by atoms with E-state index in [2.05, 4.69) is 16.0 Å². The Morgan fingerprint density at radius 1 is 1.00 bits per heavy atom. The monoisotopic (exact) mass is 423 g/mol. The zero-order chi connectivity index (χ0) is 22.2. The number of carbonyl (C=O) groups is 4. The second-order valence-electron chi connectivity index (χ2n) is 7.45. The minimum absolute atomic E-state index is 0.0687. The minimum Gasteiger partial charge on any atom is -0.452 e. The smallest absolute Gasteiger partial charge is 0.340 e. The van der Waals surface area contributed by atoms with E-state index in [1.54, 1.807) is 36.4 Å². The third-order valence-corrected chi connectivity index (χ3v) is 4.95. The molecule has 162 valence electrons. The fraction of sp³-hybridized carbons (Fsp3) is 0.304. The van der Waals surface area contributed by atoms with Crippen LogP contribution in [0.2, 0.25) is 0 Å². The van der Waals surface area contributed by atoms with Gasteiger partial charge in [-0.15, -0.1) is 0 Å². The fourth-order valence-electron chi connectivity index (χ4n) is 3.41. The predicted molar refractivity (Wildman–Crippen MR) is 115 cm³/mol. The van der Waals surface area contributed by atoms with Crippen molar-refractivity contribution in [3.63, 3.8) is 0 Å². The molecule has 3 N–H and O–H groups in total. The van der Waals surface area contributed by atoms with E-state index in [0.717, 1.165) is 31.2 Å². The van der Waals surface area contributed by atoms with Crippen molar-refractivity contribution in [3.8, 4) is 0 Å². The quantitative estimate of drug-likeness (QED) is 0.618. The summed E-state index contributed by atoms with van der Waals surface area (Å²) >= 11 is 0. The molecule has 3 rings (SSSR count). The zero-order valence-electron chi connectivity index (χ0n) is 17.3. The number of para-hydroxylation sites is 1. The molecule has 0 atom stereocenters. The summed E-state index contributed by atoms with van der Waals surface area (Å²) in [5, 5.41) is 7.56. The number of imide groups is 1. The second-order valence-corrected chi connectivity index (χ2v) is 7.45. The average Bonchev–Trinajstić information content (AvgIpc) is 3.25. The molecule has 0 bridgehead atoms. The summed E-state index contributed by atoms with van der Waals surface area (Å²) in [6.07, 6.45) is 3.88. The van der Waals surface area contributed by atoms with Gasteiger partial charge in [-0.3, -0.25) is 14.9 Å². The van der Waals surface area contributed by atoms with Crippen LogP contribution in [0.4, 0.5) is 10.5 Å². The van der Waals surface area contributed by atoms with Crippen LogP contribution in [0.25, 0.3) is 0 Å². The maximum atomic E-state index is 12.5. The van der Waals surface area contributed by atoms with Gasteiger partial charge in [0, 0.05) is 11.6 Å². The molecule has 1 saturated carbocycles. The van der Waals surface area contributed by atoms with Gasteiger partial charge in [-0.2, -0.15) is 0 Å². The minimum atomic E-state index is -0.786. The van der Waals surface area contributed by atoms with Crippen LogP contribution in [0.5, 0.6) is 0 Å². The van der Waals surface area contributed by atoms with Crippen LogP contribution in [0.15, 0.2) is 48.5 Å². The summed E-state index contributed by atoms with van der Waals surface area (Å²) in [6, 6.07) is 12.9. The van der Waals surface area contributed by atoms with Gasteiger partial charge in [-0.05, 0) is 44.0 Å². The highest BCUT2D eigenvalue weighted by atomic mass is 16.5. The van der Waals surface area contributed by atoms with E-state index in [9.17, 15) is 19.2 Å². The largest absolute Gasteiger partial charge is 0.452 e. The number of anilines is 1. The summed E-state index contributed by atoms with van der Waals surface area (Å²) in [5.41, 5.74) is 1.75. The molecule has 2 aromatic carbocycles. The van der Waals surface area contributed by atoms with Crippen molar-refractivity contribution in [2.45, 2.75) is 38.6 Å². The van der Waals surface area contributed by atoms with Gasteiger partial charge < -0.3 is 15.4 Å². The van der Waals surface area contributed by atoms with Crippen molar-refractivity contribution in [3.05, 3.63) is 65.2 Å². The standard InChI is InChI=1S/C23H25N3O5/c1-15-7-6-8-16(13-15)21(28)25-19-12-5-4-11-18(19)22(29)31-14-20(27)26-23(30)24-17-9-2-3-10-17/h4-8,11-13,17H,2-3,9-10,14H2,1H3,(H,25,28)(H2,24,26,27,30). The molecule has 1 aliphatic carbocycles. The lowest BCUT2D eigenvalue weighted by molar-refractivity contribution is -0.123. The number of amides is 4. The lowest BCUT2D eigenvalue weighted by Crippen LogP contribution is -2.45. The normalized spacial score (nSPS) is 13.3. The lowest BCUT2D eigenvalue weighted by Gasteiger charge is -2.13. The molecule has 1 fully saturated rings. The van der Waals surface area contributed by atoms with Gasteiger partial charge in [0.25, 0.3) is 11.8 Å². The number of nitrogens with one attached hydrogen (secondary N) is 3. The highest BCUT2D eigenvalue weighted by Crippen LogP contribution is 2.18. The van der Waals surface area contributed by atoms with Gasteiger partial charge in [-0.25, -0.2) is 9.59 Å².